The lowest BCUT2D eigenvalue weighted by Gasteiger charge is -2.32. The SMILES string of the molecule is CCCC1=NN(C(=O)COc2ccccc2C)[C@@](O)(C(F)(F)F)C1. The van der Waals surface area contributed by atoms with E-state index in [1.54, 1.807) is 38.1 Å². The third kappa shape index (κ3) is 3.53. The third-order valence-corrected chi connectivity index (χ3v) is 3.72. The highest BCUT2D eigenvalue weighted by Crippen LogP contribution is 2.40. The van der Waals surface area contributed by atoms with Gasteiger partial charge in [-0.15, -0.1) is 0 Å². The van der Waals surface area contributed by atoms with E-state index in [0.717, 1.165) is 5.56 Å². The van der Waals surface area contributed by atoms with E-state index in [2.05, 4.69) is 5.10 Å². The molecule has 0 aromatic heterocycles. The van der Waals surface area contributed by atoms with E-state index in [1.165, 1.54) is 0 Å². The molecule has 8 heteroatoms. The number of hydrogen-bond acceptors (Lipinski definition) is 4. The number of hydrazone groups is 1. The Hall–Kier alpha value is -2.09. The molecule has 0 unspecified atom stereocenters. The van der Waals surface area contributed by atoms with Crippen LogP contribution in [0.25, 0.3) is 0 Å². The van der Waals surface area contributed by atoms with E-state index < -0.39 is 30.8 Å². The molecule has 0 bridgehead atoms. The van der Waals surface area contributed by atoms with Crippen LogP contribution in [-0.4, -0.2) is 40.2 Å². The second-order valence-electron chi connectivity index (χ2n) is 5.67. The Morgan fingerprint density at radius 2 is 2.08 bits per heavy atom. The predicted molar refractivity (Wildman–Crippen MR) is 81.5 cm³/mol. The zero-order valence-electron chi connectivity index (χ0n) is 13.4. The van der Waals surface area contributed by atoms with Crippen molar-refractivity contribution in [2.75, 3.05) is 6.61 Å². The number of carbonyl (C=O) groups excluding carboxylic acids is 1. The Kier molecular flexibility index (Phi) is 5.17. The molecule has 5 nitrogen and oxygen atoms in total. The maximum atomic E-state index is 13.2. The molecule has 1 atom stereocenters. The van der Waals surface area contributed by atoms with Crippen molar-refractivity contribution in [2.24, 2.45) is 5.10 Å². The Balaban J connectivity index is 2.16. The van der Waals surface area contributed by atoms with E-state index in [9.17, 15) is 23.1 Å². The minimum atomic E-state index is -5.01. The third-order valence-electron chi connectivity index (χ3n) is 3.72. The number of nitrogens with zero attached hydrogens (tertiary/aromatic N) is 2. The number of alkyl halides is 3. The first-order valence-corrected chi connectivity index (χ1v) is 7.56. The van der Waals surface area contributed by atoms with Crippen molar-refractivity contribution in [3.63, 3.8) is 0 Å². The molecule has 0 radical (unpaired) electrons. The van der Waals surface area contributed by atoms with Gasteiger partial charge in [0.25, 0.3) is 11.6 Å². The van der Waals surface area contributed by atoms with Crippen LogP contribution in [0.15, 0.2) is 29.4 Å². The molecule has 1 N–H and O–H groups in total. The summed E-state index contributed by atoms with van der Waals surface area (Å²) in [5, 5.41) is 13.8. The van der Waals surface area contributed by atoms with Gasteiger partial charge in [0.15, 0.2) is 6.61 Å². The van der Waals surface area contributed by atoms with Gasteiger partial charge in [0.2, 0.25) is 0 Å². The Morgan fingerprint density at radius 3 is 2.67 bits per heavy atom. The summed E-state index contributed by atoms with van der Waals surface area (Å²) < 4.78 is 45.0. The van der Waals surface area contributed by atoms with Gasteiger partial charge in [-0.1, -0.05) is 31.5 Å². The van der Waals surface area contributed by atoms with Crippen molar-refractivity contribution in [3.8, 4) is 5.75 Å². The Morgan fingerprint density at radius 1 is 1.42 bits per heavy atom. The summed E-state index contributed by atoms with van der Waals surface area (Å²) in [6.07, 6.45) is -4.90. The summed E-state index contributed by atoms with van der Waals surface area (Å²) >= 11 is 0. The van der Waals surface area contributed by atoms with Gasteiger partial charge >= 0.3 is 6.18 Å². The van der Waals surface area contributed by atoms with Gasteiger partial charge in [-0.05, 0) is 25.0 Å². The summed E-state index contributed by atoms with van der Waals surface area (Å²) in [4.78, 5) is 12.2. The fraction of sp³-hybridized carbons (Fsp3) is 0.500. The largest absolute Gasteiger partial charge is 0.483 e. The van der Waals surface area contributed by atoms with Gasteiger partial charge in [0.1, 0.15) is 5.75 Å². The summed E-state index contributed by atoms with van der Waals surface area (Å²) in [7, 11) is 0. The van der Waals surface area contributed by atoms with Crippen molar-refractivity contribution in [1.82, 2.24) is 5.01 Å². The van der Waals surface area contributed by atoms with Crippen LogP contribution in [0.4, 0.5) is 13.2 Å². The zero-order valence-corrected chi connectivity index (χ0v) is 13.4. The van der Waals surface area contributed by atoms with E-state index in [0.29, 0.717) is 12.2 Å². The first-order chi connectivity index (χ1) is 11.2. The normalized spacial score (nSPS) is 20.9. The molecule has 0 saturated carbocycles. The molecule has 1 aromatic rings. The predicted octanol–water partition coefficient (Wildman–Crippen LogP) is 3.01. The standard InChI is InChI=1S/C16H19F3N2O3/c1-3-6-12-9-15(23,16(17,18)19)21(20-12)14(22)10-24-13-8-5-4-7-11(13)2/h4-5,7-8,23H,3,6,9-10H2,1-2H3/t15-/m0/s1. The monoisotopic (exact) mass is 344 g/mol. The van der Waals surface area contributed by atoms with Crippen LogP contribution < -0.4 is 4.74 Å². The molecule has 132 valence electrons. The van der Waals surface area contributed by atoms with Gasteiger partial charge < -0.3 is 9.84 Å². The van der Waals surface area contributed by atoms with Crippen LogP contribution in [0, 0.1) is 6.92 Å². The Bertz CT molecular complexity index is 646. The van der Waals surface area contributed by atoms with Gasteiger partial charge in [-0.2, -0.15) is 23.3 Å². The molecule has 24 heavy (non-hydrogen) atoms. The van der Waals surface area contributed by atoms with E-state index in [-0.39, 0.29) is 17.1 Å². The summed E-state index contributed by atoms with van der Waals surface area (Å²) in [6.45, 7) is 2.88. The number of hydrogen-bond donors (Lipinski definition) is 1. The first kappa shape index (κ1) is 18.3. The van der Waals surface area contributed by atoms with Gasteiger partial charge in [-0.25, -0.2) is 0 Å². The summed E-state index contributed by atoms with van der Waals surface area (Å²) in [5.41, 5.74) is -2.43. The number of ether oxygens (including phenoxy) is 1. The average molecular weight is 344 g/mol. The molecular formula is C16H19F3N2O3. The number of rotatable bonds is 5. The lowest BCUT2D eigenvalue weighted by molar-refractivity contribution is -0.302. The number of aliphatic hydroxyl groups is 1. The van der Waals surface area contributed by atoms with Crippen LogP contribution in [0.2, 0.25) is 0 Å². The fourth-order valence-corrected chi connectivity index (χ4v) is 2.45. The molecule has 1 heterocycles. The average Bonchev–Trinajstić information content (AvgIpc) is 2.84. The summed E-state index contributed by atoms with van der Waals surface area (Å²) in [5.74, 6) is -0.664. The van der Waals surface area contributed by atoms with Gasteiger partial charge in [0, 0.05) is 12.1 Å². The van der Waals surface area contributed by atoms with Crippen molar-refractivity contribution in [3.05, 3.63) is 29.8 Å². The molecule has 2 rings (SSSR count). The highest BCUT2D eigenvalue weighted by Gasteiger charge is 2.63. The maximum absolute atomic E-state index is 13.2. The molecule has 1 aliphatic rings. The summed E-state index contributed by atoms with van der Waals surface area (Å²) in [6, 6.07) is 6.81. The highest BCUT2D eigenvalue weighted by molar-refractivity contribution is 5.91. The van der Waals surface area contributed by atoms with Crippen LogP contribution >= 0.6 is 0 Å². The van der Waals surface area contributed by atoms with Crippen LogP contribution in [0.3, 0.4) is 0 Å². The van der Waals surface area contributed by atoms with Crippen molar-refractivity contribution in [2.45, 2.75) is 45.0 Å². The van der Waals surface area contributed by atoms with E-state index >= 15 is 0 Å². The van der Waals surface area contributed by atoms with E-state index in [1.807, 2.05) is 0 Å². The molecule has 0 fully saturated rings. The molecule has 1 amide bonds. The van der Waals surface area contributed by atoms with Crippen LogP contribution in [0.5, 0.6) is 5.75 Å². The minimum absolute atomic E-state index is 0.107. The number of carbonyl (C=O) groups is 1. The highest BCUT2D eigenvalue weighted by atomic mass is 19.4. The minimum Gasteiger partial charge on any atom is -0.483 e. The molecular weight excluding hydrogens is 325 g/mol. The second-order valence-corrected chi connectivity index (χ2v) is 5.67. The van der Waals surface area contributed by atoms with Crippen molar-refractivity contribution >= 4 is 11.6 Å². The van der Waals surface area contributed by atoms with E-state index in [4.69, 9.17) is 4.74 Å². The maximum Gasteiger partial charge on any atom is 0.438 e. The number of amides is 1. The van der Waals surface area contributed by atoms with Crippen molar-refractivity contribution < 1.29 is 27.8 Å². The van der Waals surface area contributed by atoms with Gasteiger partial charge in [-0.3, -0.25) is 4.79 Å². The molecule has 0 spiro atoms. The first-order valence-electron chi connectivity index (χ1n) is 7.56. The van der Waals surface area contributed by atoms with Crippen molar-refractivity contribution in [1.29, 1.82) is 0 Å². The Labute approximate surface area is 137 Å². The second kappa shape index (κ2) is 6.80. The quantitative estimate of drug-likeness (QED) is 0.893. The van der Waals surface area contributed by atoms with Crippen LogP contribution in [-0.2, 0) is 4.79 Å². The lowest BCUT2D eigenvalue weighted by atomic mass is 10.0. The number of halogens is 3. The molecule has 0 saturated heterocycles. The fourth-order valence-electron chi connectivity index (χ4n) is 2.45. The lowest BCUT2D eigenvalue weighted by Crippen LogP contribution is -2.57. The zero-order chi connectivity index (χ0) is 18.0. The van der Waals surface area contributed by atoms with Gasteiger partial charge in [0.05, 0.1) is 0 Å². The smallest absolute Gasteiger partial charge is 0.438 e. The topological polar surface area (TPSA) is 62.1 Å². The molecule has 0 aliphatic carbocycles. The number of aryl methyl sites for hydroxylation is 1. The number of benzene rings is 1. The van der Waals surface area contributed by atoms with Crippen LogP contribution in [0.1, 0.15) is 31.7 Å². The molecule has 1 aliphatic heterocycles. The number of para-hydroxylation sites is 1. The molecule has 1 aromatic carbocycles.